The van der Waals surface area contributed by atoms with Crippen molar-refractivity contribution in [3.05, 3.63) is 128 Å². The van der Waals surface area contributed by atoms with E-state index < -0.39 is 5.92 Å². The molecule has 1 N–H and O–H groups in total. The van der Waals surface area contributed by atoms with Crippen LogP contribution in [0.3, 0.4) is 0 Å². The molecular formula is C31H32N4O4. The monoisotopic (exact) mass is 524 g/mol. The van der Waals surface area contributed by atoms with E-state index in [-0.39, 0.29) is 16.9 Å². The van der Waals surface area contributed by atoms with Crippen molar-refractivity contribution in [1.82, 2.24) is 18.7 Å². The summed E-state index contributed by atoms with van der Waals surface area (Å²) in [7, 11) is 3.64. The van der Waals surface area contributed by atoms with Gasteiger partial charge in [-0.1, -0.05) is 48.5 Å². The minimum atomic E-state index is -0.849. The van der Waals surface area contributed by atoms with Crippen molar-refractivity contribution in [3.63, 3.8) is 0 Å². The van der Waals surface area contributed by atoms with Crippen molar-refractivity contribution in [2.24, 2.45) is 14.1 Å². The van der Waals surface area contributed by atoms with E-state index in [1.54, 1.807) is 36.9 Å². The molecule has 5 aromatic rings. The molecule has 0 amide bonds. The molecule has 39 heavy (non-hydrogen) atoms. The molecule has 0 unspecified atom stereocenters. The second-order valence-electron chi connectivity index (χ2n) is 9.51. The molecule has 0 radical (unpaired) electrons. The highest BCUT2D eigenvalue weighted by molar-refractivity contribution is 5.56. The van der Waals surface area contributed by atoms with E-state index >= 15 is 0 Å². The highest BCUT2D eigenvalue weighted by Gasteiger charge is 2.34. The van der Waals surface area contributed by atoms with Crippen molar-refractivity contribution in [2.45, 2.75) is 26.7 Å². The first kappa shape index (κ1) is 25.9. The predicted octanol–water partition coefficient (Wildman–Crippen LogP) is 4.57. The van der Waals surface area contributed by atoms with Gasteiger partial charge in [-0.25, -0.2) is 9.36 Å². The number of hydrogen-bond donors (Lipinski definition) is 1. The molecule has 0 aliphatic heterocycles. The normalized spacial score (nSPS) is 11.3. The molecule has 0 bridgehead atoms. The van der Waals surface area contributed by atoms with Crippen LogP contribution in [-0.2, 0) is 14.1 Å². The van der Waals surface area contributed by atoms with Gasteiger partial charge in [-0.05, 0) is 51.1 Å². The molecule has 8 heteroatoms. The Morgan fingerprint density at radius 2 is 1.18 bits per heavy atom. The first-order valence-electron chi connectivity index (χ1n) is 12.9. The van der Waals surface area contributed by atoms with Crippen LogP contribution in [0.25, 0.3) is 11.4 Å². The molecule has 3 aromatic carbocycles. The van der Waals surface area contributed by atoms with E-state index in [0.29, 0.717) is 51.8 Å². The van der Waals surface area contributed by atoms with Gasteiger partial charge in [0.25, 0.3) is 11.1 Å². The van der Waals surface area contributed by atoms with Crippen LogP contribution >= 0.6 is 0 Å². The first-order chi connectivity index (χ1) is 18.8. The Balaban J connectivity index is 1.87. The summed E-state index contributed by atoms with van der Waals surface area (Å²) < 4.78 is 12.5. The van der Waals surface area contributed by atoms with Crippen LogP contribution in [0.4, 0.5) is 0 Å². The average Bonchev–Trinajstić information content (AvgIpc) is 3.30. The van der Waals surface area contributed by atoms with Gasteiger partial charge in [0.15, 0.2) is 11.5 Å². The highest BCUT2D eigenvalue weighted by Crippen LogP contribution is 2.41. The molecule has 0 aliphatic carbocycles. The number of para-hydroxylation sites is 3. The lowest BCUT2D eigenvalue weighted by atomic mass is 9.84. The first-order valence-corrected chi connectivity index (χ1v) is 12.9. The summed E-state index contributed by atoms with van der Waals surface area (Å²) in [5.74, 6) is -0.640. The number of aromatic nitrogens is 4. The van der Waals surface area contributed by atoms with E-state index in [9.17, 15) is 14.7 Å². The average molecular weight is 525 g/mol. The van der Waals surface area contributed by atoms with Crippen molar-refractivity contribution in [1.29, 1.82) is 0 Å². The Labute approximate surface area is 226 Å². The van der Waals surface area contributed by atoms with Crippen LogP contribution in [0.15, 0.2) is 88.5 Å². The molecule has 0 saturated carbocycles. The fourth-order valence-corrected chi connectivity index (χ4v) is 5.34. The number of nitrogens with zero attached hydrogens (tertiary/aromatic N) is 4. The maximum atomic E-state index is 14.2. The molecule has 8 nitrogen and oxygen atoms in total. The largest absolute Gasteiger partial charge is 0.504 e. The molecule has 2 aromatic heterocycles. The number of hydrogen-bond acceptors (Lipinski definition) is 4. The second kappa shape index (κ2) is 10.2. The van der Waals surface area contributed by atoms with Gasteiger partial charge in [0.2, 0.25) is 0 Å². The van der Waals surface area contributed by atoms with Gasteiger partial charge in [0, 0.05) is 31.0 Å². The molecule has 0 aliphatic rings. The zero-order valence-electron chi connectivity index (χ0n) is 22.8. The second-order valence-corrected chi connectivity index (χ2v) is 9.51. The molecule has 2 heterocycles. The van der Waals surface area contributed by atoms with E-state index in [2.05, 4.69) is 0 Å². The summed E-state index contributed by atoms with van der Waals surface area (Å²) in [5.41, 5.74) is 3.51. The van der Waals surface area contributed by atoms with Crippen LogP contribution < -0.4 is 15.9 Å². The molecule has 0 spiro atoms. The summed E-state index contributed by atoms with van der Waals surface area (Å²) >= 11 is 0. The van der Waals surface area contributed by atoms with Gasteiger partial charge in [-0.2, -0.15) is 0 Å². The van der Waals surface area contributed by atoms with Crippen molar-refractivity contribution >= 4 is 0 Å². The van der Waals surface area contributed by atoms with E-state index in [1.165, 1.54) is 0 Å². The molecule has 0 atom stereocenters. The van der Waals surface area contributed by atoms with Crippen molar-refractivity contribution in [3.8, 4) is 22.9 Å². The molecule has 0 fully saturated rings. The van der Waals surface area contributed by atoms with E-state index in [4.69, 9.17) is 4.74 Å². The lowest BCUT2D eigenvalue weighted by Crippen LogP contribution is -2.26. The molecule has 5 rings (SSSR count). The fourth-order valence-electron chi connectivity index (χ4n) is 5.34. The maximum absolute atomic E-state index is 14.2. The standard InChI is InChI=1S/C31H32N4O4/c1-6-39-25-19-13-18-24(29(25)36)28(26-20(2)32(4)34(30(26)37)22-14-9-7-10-15-22)27-21(3)33(5)35(31(27)38)23-16-11-8-12-17-23/h7-19,28,36H,6H2,1-5H3. The van der Waals surface area contributed by atoms with Crippen LogP contribution in [0.1, 0.15) is 40.9 Å². The van der Waals surface area contributed by atoms with Gasteiger partial charge in [0.05, 0.1) is 35.0 Å². The molecule has 0 saturated heterocycles. The SMILES string of the molecule is CCOc1cccc(C(c2c(C)n(C)n(-c3ccccc3)c2=O)c2c(C)n(C)n(-c3ccccc3)c2=O)c1O. The lowest BCUT2D eigenvalue weighted by Gasteiger charge is -2.19. The number of phenolic OH excluding ortho intramolecular Hbond substituents is 1. The molecule has 200 valence electrons. The minimum Gasteiger partial charge on any atom is -0.504 e. The zero-order valence-corrected chi connectivity index (χ0v) is 22.8. The van der Waals surface area contributed by atoms with E-state index in [0.717, 1.165) is 0 Å². The zero-order chi connectivity index (χ0) is 27.8. The Morgan fingerprint density at radius 3 is 1.62 bits per heavy atom. The third-order valence-electron chi connectivity index (χ3n) is 7.42. The van der Waals surface area contributed by atoms with Crippen molar-refractivity contribution < 1.29 is 9.84 Å². The Bertz CT molecular complexity index is 1650. The Kier molecular flexibility index (Phi) is 6.78. The number of ether oxygens (including phenoxy) is 1. The van der Waals surface area contributed by atoms with Gasteiger partial charge >= 0.3 is 0 Å². The number of phenols is 1. The third-order valence-corrected chi connectivity index (χ3v) is 7.42. The highest BCUT2D eigenvalue weighted by atomic mass is 16.5. The maximum Gasteiger partial charge on any atom is 0.275 e. The van der Waals surface area contributed by atoms with Crippen LogP contribution in [0.2, 0.25) is 0 Å². The number of rotatable bonds is 7. The summed E-state index contributed by atoms with van der Waals surface area (Å²) in [4.78, 5) is 28.4. The fraction of sp³-hybridized carbons (Fsp3) is 0.226. The Morgan fingerprint density at radius 1 is 0.718 bits per heavy atom. The van der Waals surface area contributed by atoms with Crippen LogP contribution in [-0.4, -0.2) is 30.4 Å². The predicted molar refractivity (Wildman–Crippen MR) is 152 cm³/mol. The summed E-state index contributed by atoms with van der Waals surface area (Å²) in [6.07, 6.45) is 0. The van der Waals surface area contributed by atoms with E-state index in [1.807, 2.05) is 95.5 Å². The minimum absolute atomic E-state index is 0.0906. The van der Waals surface area contributed by atoms with Crippen LogP contribution in [0, 0.1) is 13.8 Å². The third kappa shape index (κ3) is 4.18. The van der Waals surface area contributed by atoms with Gasteiger partial charge < -0.3 is 9.84 Å². The van der Waals surface area contributed by atoms with Gasteiger partial charge in [-0.3, -0.25) is 19.0 Å². The Hall–Kier alpha value is -4.72. The quantitative estimate of drug-likeness (QED) is 0.338. The van der Waals surface area contributed by atoms with Crippen molar-refractivity contribution in [2.75, 3.05) is 6.61 Å². The summed E-state index contributed by atoms with van der Waals surface area (Å²) in [6, 6.07) is 23.9. The summed E-state index contributed by atoms with van der Waals surface area (Å²) in [5, 5.41) is 11.4. The lowest BCUT2D eigenvalue weighted by molar-refractivity contribution is 0.316. The smallest absolute Gasteiger partial charge is 0.275 e. The number of aromatic hydroxyl groups is 1. The number of benzene rings is 3. The summed E-state index contributed by atoms with van der Waals surface area (Å²) in [6.45, 7) is 5.92. The van der Waals surface area contributed by atoms with Crippen LogP contribution in [0.5, 0.6) is 11.5 Å². The van der Waals surface area contributed by atoms with Gasteiger partial charge in [0.1, 0.15) is 0 Å². The van der Waals surface area contributed by atoms with Gasteiger partial charge in [-0.15, -0.1) is 0 Å². The topological polar surface area (TPSA) is 83.3 Å². The molecular weight excluding hydrogens is 492 g/mol.